The maximum Gasteiger partial charge on any atom is 0.123 e. The van der Waals surface area contributed by atoms with Gasteiger partial charge in [-0.05, 0) is 61.8 Å². The molecule has 0 spiro atoms. The third kappa shape index (κ3) is 3.29. The van der Waals surface area contributed by atoms with Gasteiger partial charge in [-0.25, -0.2) is 4.39 Å². The van der Waals surface area contributed by atoms with Crippen LogP contribution < -0.4 is 5.73 Å². The zero-order valence-electron chi connectivity index (χ0n) is 10.4. The molecule has 0 heterocycles. The highest BCUT2D eigenvalue weighted by atomic mass is 19.1. The first-order valence-electron chi connectivity index (χ1n) is 6.69. The minimum Gasteiger partial charge on any atom is -0.330 e. The van der Waals surface area contributed by atoms with Gasteiger partial charge < -0.3 is 5.73 Å². The highest BCUT2D eigenvalue weighted by molar-refractivity contribution is 5.16. The van der Waals surface area contributed by atoms with Gasteiger partial charge >= 0.3 is 0 Å². The highest BCUT2D eigenvalue weighted by Gasteiger charge is 2.32. The van der Waals surface area contributed by atoms with E-state index in [0.717, 1.165) is 19.4 Å². The molecule has 0 radical (unpaired) electrons. The lowest BCUT2D eigenvalue weighted by molar-refractivity contribution is 0.253. The van der Waals surface area contributed by atoms with E-state index in [9.17, 15) is 4.39 Å². The molecule has 1 nitrogen and oxygen atoms in total. The Morgan fingerprint density at radius 1 is 1.06 bits per heavy atom. The lowest BCUT2D eigenvalue weighted by Gasteiger charge is -2.28. The Morgan fingerprint density at radius 2 is 1.71 bits per heavy atom. The van der Waals surface area contributed by atoms with Crippen molar-refractivity contribution in [1.29, 1.82) is 0 Å². The molecule has 94 valence electrons. The van der Waals surface area contributed by atoms with Crippen LogP contribution in [0.5, 0.6) is 0 Å². The van der Waals surface area contributed by atoms with Crippen molar-refractivity contribution in [3.05, 3.63) is 35.6 Å². The largest absolute Gasteiger partial charge is 0.330 e. The van der Waals surface area contributed by atoms with Crippen molar-refractivity contribution in [3.8, 4) is 0 Å². The number of rotatable bonds is 5. The second-order valence-electron chi connectivity index (χ2n) is 5.37. The maximum absolute atomic E-state index is 12.8. The molecule has 2 heteroatoms. The Bertz CT molecular complexity index is 338. The smallest absolute Gasteiger partial charge is 0.123 e. The van der Waals surface area contributed by atoms with Crippen molar-refractivity contribution in [2.45, 2.75) is 44.9 Å². The number of nitrogens with two attached hydrogens (primary N) is 1. The predicted octanol–water partition coefficient (Wildman–Crippen LogP) is 3.67. The topological polar surface area (TPSA) is 26.0 Å². The Labute approximate surface area is 103 Å². The minimum atomic E-state index is -0.147. The number of benzene rings is 1. The first-order valence-corrected chi connectivity index (χ1v) is 6.69. The zero-order chi connectivity index (χ0) is 12.1. The first kappa shape index (κ1) is 12.6. The molecule has 0 bridgehead atoms. The zero-order valence-corrected chi connectivity index (χ0v) is 10.4. The summed E-state index contributed by atoms with van der Waals surface area (Å²) in [6.45, 7) is 0.795. The fraction of sp³-hybridized carbons (Fsp3) is 0.600. The second-order valence-corrected chi connectivity index (χ2v) is 5.37. The van der Waals surface area contributed by atoms with E-state index in [1.54, 1.807) is 12.1 Å². The summed E-state index contributed by atoms with van der Waals surface area (Å²) >= 11 is 0. The predicted molar refractivity (Wildman–Crippen MR) is 69.3 cm³/mol. The number of aryl methyl sites for hydroxylation is 1. The Kier molecular flexibility index (Phi) is 4.16. The van der Waals surface area contributed by atoms with Gasteiger partial charge in [-0.1, -0.05) is 25.0 Å². The molecule has 1 aromatic carbocycles. The van der Waals surface area contributed by atoms with Crippen LogP contribution in [0.1, 0.15) is 44.1 Å². The molecule has 1 aliphatic carbocycles. The van der Waals surface area contributed by atoms with Crippen LogP contribution in [0.2, 0.25) is 0 Å². The Morgan fingerprint density at radius 3 is 2.29 bits per heavy atom. The van der Waals surface area contributed by atoms with E-state index in [0.29, 0.717) is 5.41 Å². The average molecular weight is 235 g/mol. The highest BCUT2D eigenvalue weighted by Crippen LogP contribution is 2.44. The van der Waals surface area contributed by atoms with Crippen LogP contribution in [0.4, 0.5) is 4.39 Å². The fourth-order valence-electron chi connectivity index (χ4n) is 3.12. The van der Waals surface area contributed by atoms with Crippen LogP contribution in [0.25, 0.3) is 0 Å². The lowest BCUT2D eigenvalue weighted by atomic mass is 9.78. The van der Waals surface area contributed by atoms with Gasteiger partial charge in [-0.2, -0.15) is 0 Å². The van der Waals surface area contributed by atoms with Gasteiger partial charge in [0.2, 0.25) is 0 Å². The molecule has 17 heavy (non-hydrogen) atoms. The van der Waals surface area contributed by atoms with E-state index in [4.69, 9.17) is 5.73 Å². The van der Waals surface area contributed by atoms with Gasteiger partial charge in [0.1, 0.15) is 5.82 Å². The molecular formula is C15H22FN. The van der Waals surface area contributed by atoms with Crippen molar-refractivity contribution >= 4 is 0 Å². The van der Waals surface area contributed by atoms with Crippen LogP contribution in [-0.2, 0) is 6.42 Å². The standard InChI is InChI=1S/C15H22FN/c16-14-5-3-13(4-6-14)7-10-15(11-12-17)8-1-2-9-15/h3-6H,1-2,7-12,17H2. The first-order chi connectivity index (χ1) is 8.24. The average Bonchev–Trinajstić information content (AvgIpc) is 2.78. The van der Waals surface area contributed by atoms with E-state index < -0.39 is 0 Å². The van der Waals surface area contributed by atoms with Crippen molar-refractivity contribution in [1.82, 2.24) is 0 Å². The lowest BCUT2D eigenvalue weighted by Crippen LogP contribution is -2.21. The van der Waals surface area contributed by atoms with Gasteiger partial charge in [0.05, 0.1) is 0 Å². The van der Waals surface area contributed by atoms with Crippen molar-refractivity contribution in [2.75, 3.05) is 6.54 Å². The maximum atomic E-state index is 12.8. The summed E-state index contributed by atoms with van der Waals surface area (Å²) in [5.74, 6) is -0.147. The fourth-order valence-corrected chi connectivity index (χ4v) is 3.12. The quantitative estimate of drug-likeness (QED) is 0.828. The molecule has 1 aliphatic rings. The Hall–Kier alpha value is -0.890. The van der Waals surface area contributed by atoms with E-state index in [2.05, 4.69) is 0 Å². The van der Waals surface area contributed by atoms with Gasteiger partial charge in [0.15, 0.2) is 0 Å². The summed E-state index contributed by atoms with van der Waals surface area (Å²) in [5.41, 5.74) is 7.45. The van der Waals surface area contributed by atoms with Crippen LogP contribution in [0.15, 0.2) is 24.3 Å². The molecule has 0 aliphatic heterocycles. The van der Waals surface area contributed by atoms with Gasteiger partial charge in [0, 0.05) is 0 Å². The summed E-state index contributed by atoms with van der Waals surface area (Å²) < 4.78 is 12.8. The number of hydrogen-bond acceptors (Lipinski definition) is 1. The molecule has 0 amide bonds. The molecule has 2 rings (SSSR count). The van der Waals surface area contributed by atoms with E-state index in [1.807, 2.05) is 12.1 Å². The third-order valence-electron chi connectivity index (χ3n) is 4.20. The molecule has 2 N–H and O–H groups in total. The van der Waals surface area contributed by atoms with E-state index in [1.165, 1.54) is 37.7 Å². The van der Waals surface area contributed by atoms with Crippen molar-refractivity contribution in [2.24, 2.45) is 11.1 Å². The van der Waals surface area contributed by atoms with E-state index in [-0.39, 0.29) is 5.82 Å². The van der Waals surface area contributed by atoms with Crippen LogP contribution in [0.3, 0.4) is 0 Å². The van der Waals surface area contributed by atoms with Crippen LogP contribution in [-0.4, -0.2) is 6.54 Å². The summed E-state index contributed by atoms with van der Waals surface area (Å²) in [4.78, 5) is 0. The van der Waals surface area contributed by atoms with Crippen molar-refractivity contribution < 1.29 is 4.39 Å². The van der Waals surface area contributed by atoms with Crippen LogP contribution in [0, 0.1) is 11.2 Å². The Balaban J connectivity index is 1.93. The SMILES string of the molecule is NCCC1(CCc2ccc(F)cc2)CCCC1. The third-order valence-corrected chi connectivity index (χ3v) is 4.20. The summed E-state index contributed by atoms with van der Waals surface area (Å²) in [6.07, 6.45) is 8.76. The molecule has 0 atom stereocenters. The van der Waals surface area contributed by atoms with Gasteiger partial charge in [-0.3, -0.25) is 0 Å². The summed E-state index contributed by atoms with van der Waals surface area (Å²) in [6, 6.07) is 6.92. The molecule has 1 aromatic rings. The van der Waals surface area contributed by atoms with Crippen molar-refractivity contribution in [3.63, 3.8) is 0 Å². The molecular weight excluding hydrogens is 213 g/mol. The van der Waals surface area contributed by atoms with Gasteiger partial charge in [0.25, 0.3) is 0 Å². The minimum absolute atomic E-state index is 0.147. The van der Waals surface area contributed by atoms with E-state index >= 15 is 0 Å². The molecule has 0 saturated heterocycles. The summed E-state index contributed by atoms with van der Waals surface area (Å²) in [7, 11) is 0. The van der Waals surface area contributed by atoms with Crippen LogP contribution >= 0.6 is 0 Å². The molecule has 0 aromatic heterocycles. The van der Waals surface area contributed by atoms with Gasteiger partial charge in [-0.15, -0.1) is 0 Å². The molecule has 1 fully saturated rings. The monoisotopic (exact) mass is 235 g/mol. The number of halogens is 1. The molecule has 0 unspecified atom stereocenters. The second kappa shape index (κ2) is 5.63. The summed E-state index contributed by atoms with van der Waals surface area (Å²) in [5, 5.41) is 0. The molecule has 1 saturated carbocycles. The number of hydrogen-bond donors (Lipinski definition) is 1. The normalized spacial score (nSPS) is 18.5.